The van der Waals surface area contributed by atoms with Gasteiger partial charge in [-0.3, -0.25) is 0 Å². The molecule has 0 atom stereocenters. The summed E-state index contributed by atoms with van der Waals surface area (Å²) in [4.78, 5) is 0. The summed E-state index contributed by atoms with van der Waals surface area (Å²) in [5.74, 6) is 0. The van der Waals surface area contributed by atoms with Crippen LogP contribution in [0.2, 0.25) is 0 Å². The quantitative estimate of drug-likeness (QED) is 0.245. The Bertz CT molecular complexity index is 1540. The summed E-state index contributed by atoms with van der Waals surface area (Å²) in [5, 5.41) is 2.48. The summed E-state index contributed by atoms with van der Waals surface area (Å²) in [6.45, 7) is 0. The summed E-state index contributed by atoms with van der Waals surface area (Å²) in [6.07, 6.45) is 0. The van der Waals surface area contributed by atoms with Crippen LogP contribution in [-0.4, -0.2) is 20.8 Å². The minimum absolute atomic E-state index is 0.351. The van der Waals surface area contributed by atoms with Crippen molar-refractivity contribution in [2.24, 2.45) is 21.1 Å². The van der Waals surface area contributed by atoms with E-state index in [9.17, 15) is 0 Å². The first-order valence-electron chi connectivity index (χ1n) is 11.0. The highest BCUT2D eigenvalue weighted by Crippen LogP contribution is 2.20. The van der Waals surface area contributed by atoms with E-state index in [4.69, 9.17) is 37.9 Å². The van der Waals surface area contributed by atoms with Crippen LogP contribution in [-0.2, 0) is 21.1 Å². The summed E-state index contributed by atoms with van der Waals surface area (Å²) in [5.41, 5.74) is 6.51. The van der Waals surface area contributed by atoms with Gasteiger partial charge in [-0.25, -0.2) is 13.7 Å². The van der Waals surface area contributed by atoms with Crippen LogP contribution >= 0.6 is 37.9 Å². The molecule has 6 nitrogen and oxygen atoms in total. The molecule has 6 aromatic rings. The maximum atomic E-state index is 5.02. The van der Waals surface area contributed by atoms with E-state index in [0.717, 1.165) is 48.6 Å². The molecule has 1 radical (unpaired) electrons. The highest BCUT2D eigenvalue weighted by atomic mass is 32.1. The van der Waals surface area contributed by atoms with Gasteiger partial charge in [0, 0.05) is 0 Å². The molecule has 0 saturated carbocycles. The SMILES string of the molecule is Cn1c(S)[n+]([B-]([n+]2c(S)n(C)c3ccccc32)[n+]2c(S)n(C)c3ccccc32)c2ccccc21. The van der Waals surface area contributed by atoms with Gasteiger partial charge in [-0.05, 0) is 36.4 Å². The van der Waals surface area contributed by atoms with Gasteiger partial charge in [0.25, 0.3) is 15.5 Å². The first kappa shape index (κ1) is 21.7. The van der Waals surface area contributed by atoms with Gasteiger partial charge in [-0.1, -0.05) is 74.3 Å². The lowest BCUT2D eigenvalue weighted by Crippen LogP contribution is -2.84. The maximum absolute atomic E-state index is 5.02. The third-order valence-electron chi connectivity index (χ3n) is 6.75. The number of nitrogens with zero attached hydrogens (tertiary/aromatic N) is 6. The van der Waals surface area contributed by atoms with Crippen LogP contribution in [0.25, 0.3) is 33.1 Å². The van der Waals surface area contributed by atoms with Gasteiger partial charge < -0.3 is 13.4 Å². The molecule has 0 aliphatic carbocycles. The smallest absolute Gasteiger partial charge is 0.351 e. The minimum Gasteiger partial charge on any atom is -0.351 e. The van der Waals surface area contributed by atoms with Crippen molar-refractivity contribution in [2.45, 2.75) is 15.5 Å². The molecule has 0 N–H and O–H groups in total. The van der Waals surface area contributed by atoms with Crippen molar-refractivity contribution < 1.29 is 13.4 Å². The topological polar surface area (TPSA) is 26.4 Å². The summed E-state index contributed by atoms with van der Waals surface area (Å²) in [7, 11) is 5.78. The summed E-state index contributed by atoms with van der Waals surface area (Å²) >= 11 is 15.0. The molecule has 34 heavy (non-hydrogen) atoms. The van der Waals surface area contributed by atoms with Gasteiger partial charge in [-0.15, -0.1) is 0 Å². The summed E-state index contributed by atoms with van der Waals surface area (Å²) in [6, 6.07) is 25.1. The second-order valence-electron chi connectivity index (χ2n) is 8.50. The van der Waals surface area contributed by atoms with Crippen LogP contribution in [0.1, 0.15) is 0 Å². The van der Waals surface area contributed by atoms with Gasteiger partial charge in [0.05, 0.1) is 21.1 Å². The Labute approximate surface area is 214 Å². The number of rotatable bonds is 3. The fourth-order valence-electron chi connectivity index (χ4n) is 5.02. The predicted octanol–water partition coefficient (Wildman–Crippen LogP) is 2.82. The zero-order valence-electron chi connectivity index (χ0n) is 19.0. The molecule has 10 heteroatoms. The number of hydrogen-bond acceptors (Lipinski definition) is 3. The Morgan fingerprint density at radius 2 is 0.765 bits per heavy atom. The molecule has 0 saturated heterocycles. The van der Waals surface area contributed by atoms with Gasteiger partial charge >= 0.3 is 7.12 Å². The first-order valence-corrected chi connectivity index (χ1v) is 12.3. The van der Waals surface area contributed by atoms with E-state index in [-0.39, 0.29) is 7.12 Å². The average molecular weight is 504 g/mol. The van der Waals surface area contributed by atoms with Crippen LogP contribution in [0.5, 0.6) is 0 Å². The van der Waals surface area contributed by atoms with Crippen LogP contribution < -0.4 is 13.4 Å². The number of fused-ring (bicyclic) bond motifs is 3. The molecular formula is C24H24BN6S3+2. The Hall–Kier alpha value is -2.82. The van der Waals surface area contributed by atoms with Gasteiger partial charge in [0.2, 0.25) is 0 Å². The molecule has 0 amide bonds. The van der Waals surface area contributed by atoms with E-state index in [2.05, 4.69) is 99.9 Å². The second kappa shape index (κ2) is 7.86. The Morgan fingerprint density at radius 1 is 0.500 bits per heavy atom. The standard InChI is InChI=1S/C24H21BN6S3/c1-26-16-10-4-7-13-19(16)29(22(26)32)25(30-20-14-8-5-11-17(20)27(2)23(30)33)31-21-15-9-6-12-18(21)28(3)24(31)34/h4-15H,1-3H3/q-1/p+3. The largest absolute Gasteiger partial charge is 0.587 e. The predicted molar refractivity (Wildman–Crippen MR) is 143 cm³/mol. The monoisotopic (exact) mass is 503 g/mol. The third kappa shape index (κ3) is 2.85. The number of aryl methyl sites for hydroxylation is 3. The Morgan fingerprint density at radius 3 is 1.06 bits per heavy atom. The Balaban J connectivity index is 1.84. The zero-order valence-corrected chi connectivity index (χ0v) is 21.7. The molecule has 0 fully saturated rings. The lowest BCUT2D eigenvalue weighted by molar-refractivity contribution is -0.805. The van der Waals surface area contributed by atoms with Crippen molar-refractivity contribution in [3.8, 4) is 0 Å². The number of thiol groups is 3. The van der Waals surface area contributed by atoms with Crippen LogP contribution in [0, 0.1) is 0 Å². The Kier molecular flexibility index (Phi) is 5.02. The highest BCUT2D eigenvalue weighted by Gasteiger charge is 2.40. The van der Waals surface area contributed by atoms with E-state index in [1.54, 1.807) is 0 Å². The van der Waals surface area contributed by atoms with E-state index in [1.165, 1.54) is 0 Å². The van der Waals surface area contributed by atoms with Crippen LogP contribution in [0.4, 0.5) is 0 Å². The number of imidazole rings is 3. The third-order valence-corrected chi connectivity index (χ3v) is 8.29. The maximum Gasteiger partial charge on any atom is 0.587 e. The normalized spacial score (nSPS) is 12.1. The molecule has 0 bridgehead atoms. The van der Waals surface area contributed by atoms with E-state index >= 15 is 0 Å². The molecule has 3 aromatic carbocycles. The van der Waals surface area contributed by atoms with E-state index in [0.29, 0.717) is 0 Å². The van der Waals surface area contributed by atoms with Gasteiger partial charge in [0.1, 0.15) is 16.6 Å². The van der Waals surface area contributed by atoms with Crippen molar-refractivity contribution in [3.63, 3.8) is 0 Å². The molecule has 0 aliphatic rings. The van der Waals surface area contributed by atoms with Crippen molar-refractivity contribution in [1.29, 1.82) is 0 Å². The number of benzene rings is 3. The fourth-order valence-corrected chi connectivity index (χ4v) is 5.97. The average Bonchev–Trinajstić information content (AvgIpc) is 3.37. The van der Waals surface area contributed by atoms with Crippen molar-refractivity contribution in [1.82, 2.24) is 13.7 Å². The molecule has 169 valence electrons. The van der Waals surface area contributed by atoms with Gasteiger partial charge in [-0.2, -0.15) is 0 Å². The summed E-state index contributed by atoms with van der Waals surface area (Å²) < 4.78 is 13.1. The highest BCUT2D eigenvalue weighted by molar-refractivity contribution is 7.80. The zero-order chi connectivity index (χ0) is 23.7. The van der Waals surface area contributed by atoms with Crippen LogP contribution in [0.3, 0.4) is 0 Å². The molecule has 6 rings (SSSR count). The lowest BCUT2D eigenvalue weighted by Gasteiger charge is -2.20. The van der Waals surface area contributed by atoms with Crippen molar-refractivity contribution in [2.75, 3.05) is 0 Å². The van der Waals surface area contributed by atoms with Crippen molar-refractivity contribution >= 4 is 78.1 Å². The first-order chi connectivity index (χ1) is 16.4. The van der Waals surface area contributed by atoms with E-state index in [1.807, 2.05) is 21.1 Å². The molecule has 3 aromatic heterocycles. The molecule has 3 heterocycles. The molecular weight excluding hydrogens is 479 g/mol. The van der Waals surface area contributed by atoms with Crippen molar-refractivity contribution in [3.05, 3.63) is 72.8 Å². The van der Waals surface area contributed by atoms with Crippen LogP contribution in [0.15, 0.2) is 88.3 Å². The molecule has 0 unspecified atom stereocenters. The van der Waals surface area contributed by atoms with Gasteiger partial charge in [0.15, 0.2) is 16.6 Å². The lowest BCUT2D eigenvalue weighted by atomic mass is 9.90. The second-order valence-corrected chi connectivity index (χ2v) is 9.70. The minimum atomic E-state index is -0.351. The molecule has 0 spiro atoms. The molecule has 0 aliphatic heterocycles. The van der Waals surface area contributed by atoms with E-state index < -0.39 is 0 Å². The fraction of sp³-hybridized carbons (Fsp3) is 0.125. The number of hydrogen-bond donors (Lipinski definition) is 3. The number of aromatic nitrogens is 6. The number of para-hydroxylation sites is 6.